The zero-order valence-electron chi connectivity index (χ0n) is 13.2. The van der Waals surface area contributed by atoms with Crippen LogP contribution in [0, 0.1) is 0 Å². The molecule has 1 rings (SSSR count). The molecule has 0 unspecified atom stereocenters. The average molecular weight is 279 g/mol. The quantitative estimate of drug-likeness (QED) is 0.621. The number of unbranched alkanes of at least 4 members (excludes halogenated alkanes) is 1. The van der Waals surface area contributed by atoms with Crippen molar-refractivity contribution in [1.29, 1.82) is 0 Å². The number of hydrogen-bond donors (Lipinski definition) is 1. The van der Waals surface area contributed by atoms with E-state index in [1.54, 1.807) is 0 Å². The van der Waals surface area contributed by atoms with Gasteiger partial charge in [-0.25, -0.2) is 0 Å². The van der Waals surface area contributed by atoms with Crippen LogP contribution >= 0.6 is 0 Å². The van der Waals surface area contributed by atoms with Gasteiger partial charge in [-0.05, 0) is 63.4 Å². The van der Waals surface area contributed by atoms with Crippen LogP contribution in [-0.4, -0.2) is 25.8 Å². The first kappa shape index (κ1) is 16.8. The molecule has 114 valence electrons. The predicted molar refractivity (Wildman–Crippen MR) is 84.7 cm³/mol. The molecule has 3 heteroatoms. The van der Waals surface area contributed by atoms with E-state index in [0.29, 0.717) is 6.04 Å². The largest absolute Gasteiger partial charge is 0.494 e. The monoisotopic (exact) mass is 279 g/mol. The highest BCUT2D eigenvalue weighted by Gasteiger charge is 1.98. The van der Waals surface area contributed by atoms with Crippen LogP contribution in [0.4, 0.5) is 0 Å². The zero-order valence-corrected chi connectivity index (χ0v) is 13.2. The van der Waals surface area contributed by atoms with E-state index in [1.807, 2.05) is 24.3 Å². The fraction of sp³-hybridized carbons (Fsp3) is 0.647. The first-order chi connectivity index (χ1) is 9.76. The summed E-state index contributed by atoms with van der Waals surface area (Å²) in [6.45, 7) is 9.14. The molecule has 1 N–H and O–H groups in total. The van der Waals surface area contributed by atoms with Crippen LogP contribution in [0.1, 0.15) is 46.5 Å². The van der Waals surface area contributed by atoms with Crippen molar-refractivity contribution in [3.63, 3.8) is 0 Å². The molecule has 1 aromatic rings. The highest BCUT2D eigenvalue weighted by atomic mass is 16.5. The summed E-state index contributed by atoms with van der Waals surface area (Å²) in [5.74, 6) is 1.83. The van der Waals surface area contributed by atoms with Crippen LogP contribution in [0.3, 0.4) is 0 Å². The van der Waals surface area contributed by atoms with E-state index in [2.05, 4.69) is 26.1 Å². The third kappa shape index (κ3) is 7.39. The summed E-state index contributed by atoms with van der Waals surface area (Å²) >= 11 is 0. The van der Waals surface area contributed by atoms with Crippen molar-refractivity contribution in [3.8, 4) is 11.5 Å². The molecular weight excluding hydrogens is 250 g/mol. The molecule has 0 saturated carbocycles. The van der Waals surface area contributed by atoms with Gasteiger partial charge in [0.05, 0.1) is 13.2 Å². The lowest BCUT2D eigenvalue weighted by Crippen LogP contribution is -2.26. The summed E-state index contributed by atoms with van der Waals surface area (Å²) in [6.07, 6.45) is 4.45. The maximum atomic E-state index is 5.72. The Morgan fingerprint density at radius 1 is 0.950 bits per heavy atom. The minimum Gasteiger partial charge on any atom is -0.494 e. The summed E-state index contributed by atoms with van der Waals surface area (Å²) < 4.78 is 11.3. The second kappa shape index (κ2) is 10.6. The fourth-order valence-corrected chi connectivity index (χ4v) is 1.76. The average Bonchev–Trinajstić information content (AvgIpc) is 2.49. The Labute approximate surface area is 123 Å². The highest BCUT2D eigenvalue weighted by Crippen LogP contribution is 2.17. The molecule has 20 heavy (non-hydrogen) atoms. The first-order valence-corrected chi connectivity index (χ1v) is 7.85. The third-order valence-corrected chi connectivity index (χ3v) is 3.24. The van der Waals surface area contributed by atoms with Crippen molar-refractivity contribution in [2.75, 3.05) is 19.8 Å². The molecule has 0 aromatic heterocycles. The molecule has 0 heterocycles. The predicted octanol–water partition coefficient (Wildman–Crippen LogP) is 4.02. The molecule has 0 saturated heterocycles. The van der Waals surface area contributed by atoms with Crippen LogP contribution < -0.4 is 14.8 Å². The van der Waals surface area contributed by atoms with E-state index in [9.17, 15) is 0 Å². The molecule has 0 radical (unpaired) electrons. The van der Waals surface area contributed by atoms with Gasteiger partial charge in [-0.3, -0.25) is 0 Å². The van der Waals surface area contributed by atoms with Gasteiger partial charge in [0.15, 0.2) is 0 Å². The van der Waals surface area contributed by atoms with E-state index in [1.165, 1.54) is 6.42 Å². The summed E-state index contributed by atoms with van der Waals surface area (Å²) in [7, 11) is 0. The summed E-state index contributed by atoms with van der Waals surface area (Å²) in [5, 5.41) is 3.49. The second-order valence-corrected chi connectivity index (χ2v) is 5.14. The van der Waals surface area contributed by atoms with Crippen LogP contribution in [0.5, 0.6) is 11.5 Å². The van der Waals surface area contributed by atoms with Gasteiger partial charge in [0.2, 0.25) is 0 Å². The number of benzene rings is 1. The van der Waals surface area contributed by atoms with Crippen LogP contribution in [0.2, 0.25) is 0 Å². The maximum Gasteiger partial charge on any atom is 0.119 e. The Bertz CT molecular complexity index is 337. The Hall–Kier alpha value is -1.22. The minimum absolute atomic E-state index is 0.617. The first-order valence-electron chi connectivity index (χ1n) is 7.85. The minimum atomic E-state index is 0.617. The van der Waals surface area contributed by atoms with Crippen LogP contribution in [0.15, 0.2) is 24.3 Å². The number of rotatable bonds is 11. The van der Waals surface area contributed by atoms with E-state index in [-0.39, 0.29) is 0 Å². The Balaban J connectivity index is 2.09. The summed E-state index contributed by atoms with van der Waals surface area (Å²) in [6, 6.07) is 8.50. The lowest BCUT2D eigenvalue weighted by molar-refractivity contribution is 0.300. The standard InChI is InChI=1S/C17H29NO2/c1-4-13-19-16-8-10-17(11-9-16)20-14-7-6-12-18-15(3)5-2/h8-11,15,18H,4-7,12-14H2,1-3H3/t15-/m0/s1. The maximum absolute atomic E-state index is 5.72. The van der Waals surface area contributed by atoms with E-state index in [0.717, 1.165) is 50.5 Å². The van der Waals surface area contributed by atoms with Crippen molar-refractivity contribution in [1.82, 2.24) is 5.32 Å². The highest BCUT2D eigenvalue weighted by molar-refractivity contribution is 5.31. The number of ether oxygens (including phenoxy) is 2. The van der Waals surface area contributed by atoms with Gasteiger partial charge in [0.1, 0.15) is 11.5 Å². The topological polar surface area (TPSA) is 30.5 Å². The molecule has 1 atom stereocenters. The van der Waals surface area contributed by atoms with Gasteiger partial charge in [-0.1, -0.05) is 13.8 Å². The van der Waals surface area contributed by atoms with Gasteiger partial charge in [0.25, 0.3) is 0 Å². The Kier molecular flexibility index (Phi) is 8.88. The molecule has 1 aromatic carbocycles. The van der Waals surface area contributed by atoms with Crippen molar-refractivity contribution in [2.24, 2.45) is 0 Å². The second-order valence-electron chi connectivity index (χ2n) is 5.14. The van der Waals surface area contributed by atoms with Crippen molar-refractivity contribution in [2.45, 2.75) is 52.5 Å². The summed E-state index contributed by atoms with van der Waals surface area (Å²) in [5.41, 5.74) is 0. The molecule has 0 aliphatic heterocycles. The van der Waals surface area contributed by atoms with Gasteiger partial charge in [-0.2, -0.15) is 0 Å². The smallest absolute Gasteiger partial charge is 0.119 e. The van der Waals surface area contributed by atoms with E-state index in [4.69, 9.17) is 9.47 Å². The third-order valence-electron chi connectivity index (χ3n) is 3.24. The molecule has 0 spiro atoms. The molecule has 0 amide bonds. The van der Waals surface area contributed by atoms with Crippen molar-refractivity contribution in [3.05, 3.63) is 24.3 Å². The summed E-state index contributed by atoms with van der Waals surface area (Å²) in [4.78, 5) is 0. The van der Waals surface area contributed by atoms with Crippen molar-refractivity contribution >= 4 is 0 Å². The van der Waals surface area contributed by atoms with Gasteiger partial charge in [-0.15, -0.1) is 0 Å². The Morgan fingerprint density at radius 2 is 1.55 bits per heavy atom. The number of nitrogens with one attached hydrogen (secondary N) is 1. The van der Waals surface area contributed by atoms with Crippen LogP contribution in [0.25, 0.3) is 0 Å². The van der Waals surface area contributed by atoms with Gasteiger partial charge >= 0.3 is 0 Å². The normalized spacial score (nSPS) is 12.2. The van der Waals surface area contributed by atoms with Crippen LogP contribution in [-0.2, 0) is 0 Å². The fourth-order valence-electron chi connectivity index (χ4n) is 1.76. The van der Waals surface area contributed by atoms with Gasteiger partial charge < -0.3 is 14.8 Å². The molecular formula is C17H29NO2. The zero-order chi connectivity index (χ0) is 14.6. The van der Waals surface area contributed by atoms with Crippen molar-refractivity contribution < 1.29 is 9.47 Å². The lowest BCUT2D eigenvalue weighted by atomic mass is 10.2. The molecule has 0 aliphatic rings. The Morgan fingerprint density at radius 3 is 2.10 bits per heavy atom. The van der Waals surface area contributed by atoms with E-state index < -0.39 is 0 Å². The molecule has 0 fully saturated rings. The molecule has 0 bridgehead atoms. The molecule has 0 aliphatic carbocycles. The number of hydrogen-bond acceptors (Lipinski definition) is 3. The lowest BCUT2D eigenvalue weighted by Gasteiger charge is -2.11. The van der Waals surface area contributed by atoms with Gasteiger partial charge in [0, 0.05) is 6.04 Å². The van der Waals surface area contributed by atoms with E-state index >= 15 is 0 Å². The molecule has 3 nitrogen and oxygen atoms in total. The SMILES string of the molecule is CCCOc1ccc(OCCCCN[C@@H](C)CC)cc1.